The molecule has 0 spiro atoms. The molecular weight excluding hydrogens is 236 g/mol. The molecule has 4 nitrogen and oxygen atoms in total. The molecule has 0 saturated heterocycles. The first-order valence-corrected chi connectivity index (χ1v) is 6.40. The van der Waals surface area contributed by atoms with Crippen molar-refractivity contribution in [2.24, 2.45) is 0 Å². The van der Waals surface area contributed by atoms with Gasteiger partial charge in [-0.15, -0.1) is 0 Å². The first-order valence-electron chi connectivity index (χ1n) is 6.40. The standard InChI is InChI=1S/C15H20N4/c1-10-5-11(2)13(12(3)6-10)8-17-15-7-14(16-4)18-9-19-15/h5-7,9H,8H2,1-4H3,(H2,16,17,18,19). The van der Waals surface area contributed by atoms with E-state index in [0.717, 1.165) is 18.2 Å². The van der Waals surface area contributed by atoms with Gasteiger partial charge in [0.15, 0.2) is 0 Å². The van der Waals surface area contributed by atoms with Crippen molar-refractivity contribution in [2.75, 3.05) is 17.7 Å². The van der Waals surface area contributed by atoms with E-state index in [0.29, 0.717) is 0 Å². The predicted molar refractivity (Wildman–Crippen MR) is 79.6 cm³/mol. The van der Waals surface area contributed by atoms with Gasteiger partial charge in [0.25, 0.3) is 0 Å². The van der Waals surface area contributed by atoms with Gasteiger partial charge in [0.1, 0.15) is 18.0 Å². The minimum atomic E-state index is 0.776. The Morgan fingerprint density at radius 1 is 0.947 bits per heavy atom. The maximum atomic E-state index is 4.22. The van der Waals surface area contributed by atoms with E-state index in [1.54, 1.807) is 6.33 Å². The van der Waals surface area contributed by atoms with Gasteiger partial charge in [0.05, 0.1) is 0 Å². The molecule has 1 aromatic carbocycles. The molecule has 2 aromatic rings. The average Bonchev–Trinajstić information content (AvgIpc) is 2.37. The van der Waals surface area contributed by atoms with Gasteiger partial charge in [-0.25, -0.2) is 9.97 Å². The van der Waals surface area contributed by atoms with E-state index in [1.165, 1.54) is 22.3 Å². The Balaban J connectivity index is 2.14. The lowest BCUT2D eigenvalue weighted by atomic mass is 10.00. The topological polar surface area (TPSA) is 49.8 Å². The molecule has 0 radical (unpaired) electrons. The first kappa shape index (κ1) is 13.3. The molecule has 0 aliphatic carbocycles. The van der Waals surface area contributed by atoms with E-state index >= 15 is 0 Å². The maximum Gasteiger partial charge on any atom is 0.131 e. The van der Waals surface area contributed by atoms with Crippen LogP contribution >= 0.6 is 0 Å². The van der Waals surface area contributed by atoms with Crippen LogP contribution in [0, 0.1) is 20.8 Å². The third-order valence-corrected chi connectivity index (χ3v) is 3.21. The SMILES string of the molecule is CNc1cc(NCc2c(C)cc(C)cc2C)ncn1. The second kappa shape index (κ2) is 5.69. The molecule has 0 fully saturated rings. The lowest BCUT2D eigenvalue weighted by Gasteiger charge is -2.13. The van der Waals surface area contributed by atoms with Crippen molar-refractivity contribution in [3.05, 3.63) is 46.8 Å². The first-order chi connectivity index (χ1) is 9.10. The lowest BCUT2D eigenvalue weighted by molar-refractivity contribution is 1.05. The molecule has 0 aliphatic rings. The molecule has 19 heavy (non-hydrogen) atoms. The van der Waals surface area contributed by atoms with E-state index in [4.69, 9.17) is 0 Å². The monoisotopic (exact) mass is 256 g/mol. The molecule has 0 aliphatic heterocycles. The van der Waals surface area contributed by atoms with Crippen LogP contribution in [0.15, 0.2) is 24.5 Å². The van der Waals surface area contributed by atoms with Crippen molar-refractivity contribution in [3.63, 3.8) is 0 Å². The zero-order valence-corrected chi connectivity index (χ0v) is 11.9. The second-order valence-corrected chi connectivity index (χ2v) is 4.77. The van der Waals surface area contributed by atoms with Crippen LogP contribution in [0.4, 0.5) is 11.6 Å². The van der Waals surface area contributed by atoms with Gasteiger partial charge >= 0.3 is 0 Å². The molecular formula is C15H20N4. The highest BCUT2D eigenvalue weighted by molar-refractivity contribution is 5.47. The van der Waals surface area contributed by atoms with Crippen LogP contribution in [-0.4, -0.2) is 17.0 Å². The van der Waals surface area contributed by atoms with Crippen LogP contribution in [0.3, 0.4) is 0 Å². The maximum absolute atomic E-state index is 4.22. The van der Waals surface area contributed by atoms with Crippen LogP contribution in [-0.2, 0) is 6.54 Å². The summed E-state index contributed by atoms with van der Waals surface area (Å²) in [6.45, 7) is 7.20. The smallest absolute Gasteiger partial charge is 0.131 e. The number of aryl methyl sites for hydroxylation is 3. The van der Waals surface area contributed by atoms with E-state index in [1.807, 2.05) is 13.1 Å². The Kier molecular flexibility index (Phi) is 4.00. The van der Waals surface area contributed by atoms with Gasteiger partial charge in [-0.2, -0.15) is 0 Å². The van der Waals surface area contributed by atoms with Gasteiger partial charge in [0.2, 0.25) is 0 Å². The summed E-state index contributed by atoms with van der Waals surface area (Å²) in [6, 6.07) is 6.32. The van der Waals surface area contributed by atoms with Crippen molar-refractivity contribution in [3.8, 4) is 0 Å². The van der Waals surface area contributed by atoms with Crippen molar-refractivity contribution in [1.29, 1.82) is 0 Å². The van der Waals surface area contributed by atoms with Crippen molar-refractivity contribution < 1.29 is 0 Å². The Morgan fingerprint density at radius 2 is 1.58 bits per heavy atom. The highest BCUT2D eigenvalue weighted by Crippen LogP contribution is 2.18. The number of hydrogen-bond acceptors (Lipinski definition) is 4. The minimum absolute atomic E-state index is 0.776. The van der Waals surface area contributed by atoms with E-state index in [2.05, 4.69) is 53.5 Å². The van der Waals surface area contributed by atoms with Gasteiger partial charge < -0.3 is 10.6 Å². The summed E-state index contributed by atoms with van der Waals surface area (Å²) in [4.78, 5) is 8.31. The van der Waals surface area contributed by atoms with Gasteiger partial charge in [-0.1, -0.05) is 17.7 Å². The largest absolute Gasteiger partial charge is 0.373 e. The molecule has 1 heterocycles. The molecule has 0 unspecified atom stereocenters. The molecule has 0 amide bonds. The highest BCUT2D eigenvalue weighted by Gasteiger charge is 2.04. The molecule has 1 aromatic heterocycles. The summed E-state index contributed by atoms with van der Waals surface area (Å²) in [5.41, 5.74) is 5.26. The molecule has 0 bridgehead atoms. The fraction of sp³-hybridized carbons (Fsp3) is 0.333. The van der Waals surface area contributed by atoms with Crippen molar-refractivity contribution >= 4 is 11.6 Å². The number of nitrogens with zero attached hydrogens (tertiary/aromatic N) is 2. The molecule has 100 valence electrons. The second-order valence-electron chi connectivity index (χ2n) is 4.77. The van der Waals surface area contributed by atoms with Crippen LogP contribution in [0.2, 0.25) is 0 Å². The number of rotatable bonds is 4. The average molecular weight is 256 g/mol. The Morgan fingerprint density at radius 3 is 2.21 bits per heavy atom. The van der Waals surface area contributed by atoms with E-state index in [9.17, 15) is 0 Å². The van der Waals surface area contributed by atoms with E-state index < -0.39 is 0 Å². The molecule has 0 atom stereocenters. The minimum Gasteiger partial charge on any atom is -0.373 e. The lowest BCUT2D eigenvalue weighted by Crippen LogP contribution is -2.06. The Bertz CT molecular complexity index is 555. The molecule has 0 saturated carbocycles. The zero-order chi connectivity index (χ0) is 13.8. The Hall–Kier alpha value is -2.10. The highest BCUT2D eigenvalue weighted by atomic mass is 15.0. The summed E-state index contributed by atoms with van der Waals surface area (Å²) in [5, 5.41) is 6.35. The number of anilines is 2. The van der Waals surface area contributed by atoms with Crippen LogP contribution in [0.1, 0.15) is 22.3 Å². The summed E-state index contributed by atoms with van der Waals surface area (Å²) < 4.78 is 0. The third kappa shape index (κ3) is 3.22. The number of aromatic nitrogens is 2. The quantitative estimate of drug-likeness (QED) is 0.882. The van der Waals surface area contributed by atoms with E-state index in [-0.39, 0.29) is 0 Å². The summed E-state index contributed by atoms with van der Waals surface area (Å²) in [7, 11) is 1.85. The van der Waals surface area contributed by atoms with Crippen molar-refractivity contribution in [2.45, 2.75) is 27.3 Å². The van der Waals surface area contributed by atoms with Gasteiger partial charge in [0, 0.05) is 19.7 Å². The fourth-order valence-electron chi connectivity index (χ4n) is 2.26. The third-order valence-electron chi connectivity index (χ3n) is 3.21. The Labute approximate surface area is 114 Å². The number of benzene rings is 1. The van der Waals surface area contributed by atoms with Gasteiger partial charge in [-0.05, 0) is 37.5 Å². The summed E-state index contributed by atoms with van der Waals surface area (Å²) in [5.74, 6) is 1.65. The van der Waals surface area contributed by atoms with Crippen LogP contribution in [0.25, 0.3) is 0 Å². The predicted octanol–water partition coefficient (Wildman–Crippen LogP) is 3.06. The van der Waals surface area contributed by atoms with Gasteiger partial charge in [-0.3, -0.25) is 0 Å². The zero-order valence-electron chi connectivity index (χ0n) is 11.9. The van der Waals surface area contributed by atoms with Crippen molar-refractivity contribution in [1.82, 2.24) is 9.97 Å². The number of nitrogens with one attached hydrogen (secondary N) is 2. The summed E-state index contributed by atoms with van der Waals surface area (Å²) in [6.07, 6.45) is 1.56. The van der Waals surface area contributed by atoms with Crippen LogP contribution < -0.4 is 10.6 Å². The molecule has 2 N–H and O–H groups in total. The molecule has 4 heteroatoms. The van der Waals surface area contributed by atoms with Crippen LogP contribution in [0.5, 0.6) is 0 Å². The summed E-state index contributed by atoms with van der Waals surface area (Å²) >= 11 is 0. The normalized spacial score (nSPS) is 10.3. The molecule has 2 rings (SSSR count). The number of hydrogen-bond donors (Lipinski definition) is 2. The fourth-order valence-corrected chi connectivity index (χ4v) is 2.26.